The van der Waals surface area contributed by atoms with Crippen molar-refractivity contribution >= 4 is 45.8 Å². The molecule has 0 aromatic heterocycles. The number of rotatable bonds is 5. The molecular formula is C12H16ClIN2O. The van der Waals surface area contributed by atoms with Crippen LogP contribution in [0.15, 0.2) is 18.2 Å². The number of anilines is 1. The Morgan fingerprint density at radius 3 is 2.88 bits per heavy atom. The van der Waals surface area contributed by atoms with Gasteiger partial charge in [0.05, 0.1) is 5.69 Å². The van der Waals surface area contributed by atoms with Crippen molar-refractivity contribution in [3.63, 3.8) is 0 Å². The van der Waals surface area contributed by atoms with E-state index in [1.807, 2.05) is 6.07 Å². The van der Waals surface area contributed by atoms with Gasteiger partial charge in [0.25, 0.3) is 0 Å². The average molecular weight is 367 g/mol. The highest BCUT2D eigenvalue weighted by molar-refractivity contribution is 14.1. The summed E-state index contributed by atoms with van der Waals surface area (Å²) in [6.45, 7) is 2.06. The van der Waals surface area contributed by atoms with E-state index in [9.17, 15) is 4.79 Å². The number of nitrogens with two attached hydrogens (primary N) is 1. The number of carbonyl (C=O) groups excluding carboxylic acids is 1. The van der Waals surface area contributed by atoms with Crippen LogP contribution in [0.1, 0.15) is 26.2 Å². The Bertz CT molecular complexity index is 398. The van der Waals surface area contributed by atoms with Crippen molar-refractivity contribution in [3.8, 4) is 0 Å². The minimum absolute atomic E-state index is 0.0498. The maximum atomic E-state index is 11.7. The minimum Gasteiger partial charge on any atom is -0.327 e. The van der Waals surface area contributed by atoms with Gasteiger partial charge in [0.2, 0.25) is 5.91 Å². The molecule has 0 saturated carbocycles. The van der Waals surface area contributed by atoms with Gasteiger partial charge in [-0.15, -0.1) is 0 Å². The van der Waals surface area contributed by atoms with Crippen molar-refractivity contribution in [1.29, 1.82) is 0 Å². The van der Waals surface area contributed by atoms with Gasteiger partial charge in [-0.3, -0.25) is 4.79 Å². The third-order valence-electron chi connectivity index (χ3n) is 2.31. The predicted molar refractivity (Wildman–Crippen MR) is 80.3 cm³/mol. The van der Waals surface area contributed by atoms with Crippen molar-refractivity contribution in [1.82, 2.24) is 0 Å². The van der Waals surface area contributed by atoms with Crippen molar-refractivity contribution in [2.45, 2.75) is 32.2 Å². The second-order valence-electron chi connectivity index (χ2n) is 3.93. The van der Waals surface area contributed by atoms with E-state index in [1.165, 1.54) is 0 Å². The van der Waals surface area contributed by atoms with Crippen molar-refractivity contribution in [2.24, 2.45) is 5.73 Å². The van der Waals surface area contributed by atoms with Crippen molar-refractivity contribution in [2.75, 3.05) is 5.32 Å². The molecule has 1 aromatic rings. The number of benzene rings is 1. The van der Waals surface area contributed by atoms with E-state index in [0.29, 0.717) is 11.4 Å². The van der Waals surface area contributed by atoms with Crippen LogP contribution in [0.2, 0.25) is 5.02 Å². The fourth-order valence-corrected chi connectivity index (χ4v) is 2.51. The van der Waals surface area contributed by atoms with Gasteiger partial charge in [-0.2, -0.15) is 0 Å². The van der Waals surface area contributed by atoms with Gasteiger partial charge in [-0.25, -0.2) is 0 Å². The van der Waals surface area contributed by atoms with Gasteiger partial charge in [0.15, 0.2) is 0 Å². The molecular weight excluding hydrogens is 351 g/mol. The number of hydrogen-bond donors (Lipinski definition) is 2. The van der Waals surface area contributed by atoms with Gasteiger partial charge in [-0.05, 0) is 47.2 Å². The summed E-state index contributed by atoms with van der Waals surface area (Å²) < 4.78 is 0.924. The first-order valence-electron chi connectivity index (χ1n) is 5.53. The predicted octanol–water partition coefficient (Wildman–Crippen LogP) is 3.40. The van der Waals surface area contributed by atoms with E-state index in [1.54, 1.807) is 12.1 Å². The summed E-state index contributed by atoms with van der Waals surface area (Å²) in [5.74, 6) is -0.0498. The zero-order valence-corrected chi connectivity index (χ0v) is 12.6. The number of amides is 1. The Hall–Kier alpha value is -0.330. The van der Waals surface area contributed by atoms with Gasteiger partial charge in [0.1, 0.15) is 0 Å². The van der Waals surface area contributed by atoms with Crippen LogP contribution in [0.4, 0.5) is 5.69 Å². The molecule has 1 unspecified atom stereocenters. The van der Waals surface area contributed by atoms with Crippen molar-refractivity contribution < 1.29 is 4.79 Å². The highest BCUT2D eigenvalue weighted by atomic mass is 127. The van der Waals surface area contributed by atoms with E-state index in [-0.39, 0.29) is 11.9 Å². The summed E-state index contributed by atoms with van der Waals surface area (Å²) in [7, 11) is 0. The largest absolute Gasteiger partial charge is 0.327 e. The lowest BCUT2D eigenvalue weighted by Crippen LogP contribution is -2.27. The molecule has 0 aliphatic heterocycles. The topological polar surface area (TPSA) is 55.1 Å². The van der Waals surface area contributed by atoms with Crippen LogP contribution in [0.3, 0.4) is 0 Å². The smallest absolute Gasteiger partial charge is 0.225 e. The molecule has 0 radical (unpaired) electrons. The zero-order valence-electron chi connectivity index (χ0n) is 9.67. The number of halogens is 2. The monoisotopic (exact) mass is 366 g/mol. The summed E-state index contributed by atoms with van der Waals surface area (Å²) in [5.41, 5.74) is 6.60. The molecule has 0 saturated heterocycles. The second kappa shape index (κ2) is 7.18. The van der Waals surface area contributed by atoms with Gasteiger partial charge >= 0.3 is 0 Å². The lowest BCUT2D eigenvalue weighted by Gasteiger charge is -2.11. The normalized spacial score (nSPS) is 12.2. The van der Waals surface area contributed by atoms with Gasteiger partial charge in [-0.1, -0.05) is 24.9 Å². The second-order valence-corrected chi connectivity index (χ2v) is 5.52. The zero-order chi connectivity index (χ0) is 12.8. The minimum atomic E-state index is -0.0649. The average Bonchev–Trinajstić information content (AvgIpc) is 2.22. The maximum absolute atomic E-state index is 11.7. The van der Waals surface area contributed by atoms with E-state index >= 15 is 0 Å². The molecule has 0 fully saturated rings. The molecule has 0 aliphatic rings. The summed E-state index contributed by atoms with van der Waals surface area (Å²) in [6.07, 6.45) is 2.21. The first kappa shape index (κ1) is 14.7. The number of nitrogens with one attached hydrogen (secondary N) is 1. The molecule has 17 heavy (non-hydrogen) atoms. The van der Waals surface area contributed by atoms with Crippen molar-refractivity contribution in [3.05, 3.63) is 26.8 Å². The molecule has 1 aromatic carbocycles. The fourth-order valence-electron chi connectivity index (χ4n) is 1.50. The SMILES string of the molecule is CCCC(N)CC(=O)Nc1ccc(Cl)cc1I. The molecule has 0 bridgehead atoms. The lowest BCUT2D eigenvalue weighted by atomic mass is 10.1. The highest BCUT2D eigenvalue weighted by Gasteiger charge is 2.10. The standard InChI is InChI=1S/C12H16ClIN2O/c1-2-3-9(15)7-12(17)16-11-5-4-8(13)6-10(11)14/h4-6,9H,2-3,7,15H2,1H3,(H,16,17). The van der Waals surface area contributed by atoms with E-state index in [2.05, 4.69) is 34.8 Å². The van der Waals surface area contributed by atoms with Crippen LogP contribution in [0.25, 0.3) is 0 Å². The Kier molecular flexibility index (Phi) is 6.22. The van der Waals surface area contributed by atoms with Gasteiger partial charge in [0, 0.05) is 21.1 Å². The first-order valence-corrected chi connectivity index (χ1v) is 6.99. The first-order chi connectivity index (χ1) is 8.02. The fraction of sp³-hybridized carbons (Fsp3) is 0.417. The molecule has 0 heterocycles. The molecule has 0 aliphatic carbocycles. The van der Waals surface area contributed by atoms with Crippen LogP contribution in [0, 0.1) is 3.57 Å². The molecule has 3 nitrogen and oxygen atoms in total. The molecule has 1 rings (SSSR count). The van der Waals surface area contributed by atoms with E-state index < -0.39 is 0 Å². The lowest BCUT2D eigenvalue weighted by molar-refractivity contribution is -0.116. The summed E-state index contributed by atoms with van der Waals surface area (Å²) in [4.78, 5) is 11.7. The Morgan fingerprint density at radius 2 is 2.29 bits per heavy atom. The van der Waals surface area contributed by atoms with Crippen LogP contribution in [0.5, 0.6) is 0 Å². The maximum Gasteiger partial charge on any atom is 0.225 e. The Labute approximate surface area is 120 Å². The number of carbonyl (C=O) groups is 1. The molecule has 3 N–H and O–H groups in total. The summed E-state index contributed by atoms with van der Waals surface area (Å²) in [5, 5.41) is 3.50. The summed E-state index contributed by atoms with van der Waals surface area (Å²) >= 11 is 7.98. The van der Waals surface area contributed by atoms with E-state index in [0.717, 1.165) is 22.1 Å². The molecule has 1 atom stereocenters. The van der Waals surface area contributed by atoms with Crippen LogP contribution < -0.4 is 11.1 Å². The molecule has 94 valence electrons. The summed E-state index contributed by atoms with van der Waals surface area (Å²) in [6, 6.07) is 5.30. The Morgan fingerprint density at radius 1 is 1.59 bits per heavy atom. The van der Waals surface area contributed by atoms with Crippen LogP contribution in [-0.4, -0.2) is 11.9 Å². The highest BCUT2D eigenvalue weighted by Crippen LogP contribution is 2.22. The third-order valence-corrected chi connectivity index (χ3v) is 3.44. The quantitative estimate of drug-likeness (QED) is 0.785. The molecule has 5 heteroatoms. The third kappa shape index (κ3) is 5.23. The van der Waals surface area contributed by atoms with E-state index in [4.69, 9.17) is 17.3 Å². The van der Waals surface area contributed by atoms with Gasteiger partial charge < -0.3 is 11.1 Å². The van der Waals surface area contributed by atoms with Crippen LogP contribution in [-0.2, 0) is 4.79 Å². The molecule has 1 amide bonds. The van der Waals surface area contributed by atoms with Crippen LogP contribution >= 0.6 is 34.2 Å². The molecule has 0 spiro atoms. The number of hydrogen-bond acceptors (Lipinski definition) is 2. The Balaban J connectivity index is 2.56.